The molecular weight excluding hydrogens is 378 g/mol. The highest BCUT2D eigenvalue weighted by molar-refractivity contribution is 6.12. The molecule has 3 N–H and O–H groups in total. The Kier molecular flexibility index (Phi) is 5.32. The minimum atomic E-state index is -4.42. The Morgan fingerprint density at radius 1 is 1.32 bits per heavy atom. The van der Waals surface area contributed by atoms with Crippen molar-refractivity contribution in [2.45, 2.75) is 12.2 Å². The molecule has 152 valence electrons. The maximum absolute atomic E-state index is 13.9. The SMILES string of the molecule is C=C(F)c1ccc(N2CCNC(C(F)(F)F)C2)nc1C(=O)c1cccnc1N.[HH].[HH]. The van der Waals surface area contributed by atoms with Crippen molar-refractivity contribution < 1.29 is 25.2 Å². The van der Waals surface area contributed by atoms with Gasteiger partial charge in [-0.3, -0.25) is 4.79 Å². The second-order valence-electron chi connectivity index (χ2n) is 6.23. The maximum atomic E-state index is 13.9. The van der Waals surface area contributed by atoms with Crippen LogP contribution in [0.5, 0.6) is 0 Å². The molecule has 1 aliphatic heterocycles. The van der Waals surface area contributed by atoms with Crippen LogP contribution in [-0.2, 0) is 0 Å². The van der Waals surface area contributed by atoms with Crippen LogP contribution in [0.25, 0.3) is 5.83 Å². The number of pyridine rings is 2. The van der Waals surface area contributed by atoms with Crippen molar-refractivity contribution in [2.24, 2.45) is 0 Å². The zero-order chi connectivity index (χ0) is 20.5. The molecule has 0 bridgehead atoms. The van der Waals surface area contributed by atoms with E-state index in [0.29, 0.717) is 0 Å². The Balaban J connectivity index is 0.00000225. The zero-order valence-electron chi connectivity index (χ0n) is 14.6. The number of halogens is 4. The first-order valence-electron chi connectivity index (χ1n) is 8.34. The molecule has 0 aliphatic carbocycles. The van der Waals surface area contributed by atoms with E-state index < -0.39 is 23.8 Å². The van der Waals surface area contributed by atoms with Gasteiger partial charge in [0, 0.05) is 34.2 Å². The van der Waals surface area contributed by atoms with Gasteiger partial charge in [0.05, 0.1) is 5.56 Å². The molecule has 6 nitrogen and oxygen atoms in total. The summed E-state index contributed by atoms with van der Waals surface area (Å²) < 4.78 is 52.9. The number of carbonyl (C=O) groups excluding carboxylic acids is 1. The standard InChI is InChI=1S/C18H17F4N5O.2H2/c1-10(19)11-4-5-14(27-8-7-24-13(9-27)18(20,21)22)26-15(11)16(28)12-3-2-6-25-17(12)23;;/h2-6,13,24H,1,7-9H2,(H2,23,25);2*1H. The average Bonchev–Trinajstić information content (AvgIpc) is 2.66. The Labute approximate surface area is 161 Å². The maximum Gasteiger partial charge on any atom is 0.405 e. The van der Waals surface area contributed by atoms with Crippen LogP contribution in [-0.4, -0.2) is 47.6 Å². The highest BCUT2D eigenvalue weighted by Gasteiger charge is 2.42. The normalized spacial score (nSPS) is 17.4. The van der Waals surface area contributed by atoms with Crippen LogP contribution in [0, 0.1) is 0 Å². The van der Waals surface area contributed by atoms with Gasteiger partial charge in [-0.15, -0.1) is 0 Å². The van der Waals surface area contributed by atoms with Gasteiger partial charge in [-0.05, 0) is 24.3 Å². The van der Waals surface area contributed by atoms with Gasteiger partial charge in [-0.1, -0.05) is 6.58 Å². The van der Waals surface area contributed by atoms with Gasteiger partial charge in [0.2, 0.25) is 5.78 Å². The van der Waals surface area contributed by atoms with Crippen LogP contribution in [0.3, 0.4) is 0 Å². The largest absolute Gasteiger partial charge is 0.405 e. The highest BCUT2D eigenvalue weighted by Crippen LogP contribution is 2.28. The van der Waals surface area contributed by atoms with Gasteiger partial charge in [0.25, 0.3) is 0 Å². The van der Waals surface area contributed by atoms with E-state index in [1.54, 1.807) is 0 Å². The van der Waals surface area contributed by atoms with E-state index in [4.69, 9.17) is 5.73 Å². The highest BCUT2D eigenvalue weighted by atomic mass is 19.4. The van der Waals surface area contributed by atoms with Crippen molar-refractivity contribution in [3.05, 3.63) is 53.9 Å². The minimum Gasteiger partial charge on any atom is -0.383 e. The van der Waals surface area contributed by atoms with Crippen molar-refractivity contribution in [3.8, 4) is 0 Å². The predicted octanol–water partition coefficient (Wildman–Crippen LogP) is 3.06. The Hall–Kier alpha value is -3.01. The lowest BCUT2D eigenvalue weighted by atomic mass is 10.0. The lowest BCUT2D eigenvalue weighted by Gasteiger charge is -2.35. The number of nitrogens with two attached hydrogens (primary N) is 1. The molecule has 3 heterocycles. The van der Waals surface area contributed by atoms with Gasteiger partial charge in [-0.2, -0.15) is 13.2 Å². The zero-order valence-corrected chi connectivity index (χ0v) is 14.6. The summed E-state index contributed by atoms with van der Waals surface area (Å²) in [5.41, 5.74) is 5.29. The van der Waals surface area contributed by atoms with Gasteiger partial charge in [0.15, 0.2) is 0 Å². The molecule has 0 amide bonds. The molecule has 10 heteroatoms. The quantitative estimate of drug-likeness (QED) is 0.607. The second-order valence-corrected chi connectivity index (χ2v) is 6.23. The van der Waals surface area contributed by atoms with E-state index in [1.165, 1.54) is 35.4 Å². The van der Waals surface area contributed by atoms with Crippen LogP contribution in [0.15, 0.2) is 37.0 Å². The Morgan fingerprint density at radius 2 is 2.07 bits per heavy atom. The fourth-order valence-corrected chi connectivity index (χ4v) is 2.93. The number of anilines is 2. The molecule has 28 heavy (non-hydrogen) atoms. The molecule has 1 fully saturated rings. The van der Waals surface area contributed by atoms with Crippen molar-refractivity contribution in [1.82, 2.24) is 15.3 Å². The summed E-state index contributed by atoms with van der Waals surface area (Å²) in [6.45, 7) is 3.15. The second kappa shape index (κ2) is 7.55. The fraction of sp³-hybridized carbons (Fsp3) is 0.278. The van der Waals surface area contributed by atoms with Gasteiger partial charge < -0.3 is 16.0 Å². The number of ketones is 1. The van der Waals surface area contributed by atoms with Crippen LogP contribution < -0.4 is 16.0 Å². The first kappa shape index (κ1) is 19.7. The third-order valence-corrected chi connectivity index (χ3v) is 4.37. The van der Waals surface area contributed by atoms with Crippen molar-refractivity contribution in [3.63, 3.8) is 0 Å². The van der Waals surface area contributed by atoms with E-state index >= 15 is 0 Å². The van der Waals surface area contributed by atoms with Gasteiger partial charge in [-0.25, -0.2) is 14.4 Å². The summed E-state index contributed by atoms with van der Waals surface area (Å²) in [5, 5.41) is 2.40. The van der Waals surface area contributed by atoms with Crippen LogP contribution >= 0.6 is 0 Å². The molecule has 1 aliphatic rings. The molecule has 0 spiro atoms. The number of hydrogen-bond acceptors (Lipinski definition) is 6. The number of hydrogen-bond donors (Lipinski definition) is 2. The topological polar surface area (TPSA) is 84.1 Å². The monoisotopic (exact) mass is 399 g/mol. The average molecular weight is 399 g/mol. The number of carbonyl (C=O) groups is 1. The Bertz CT molecular complexity index is 926. The molecule has 1 atom stereocenters. The summed E-state index contributed by atoms with van der Waals surface area (Å²) in [6.07, 6.45) is -3.03. The van der Waals surface area contributed by atoms with Crippen molar-refractivity contribution in [1.29, 1.82) is 0 Å². The summed E-state index contributed by atoms with van der Waals surface area (Å²) in [7, 11) is 0. The summed E-state index contributed by atoms with van der Waals surface area (Å²) in [4.78, 5) is 22.2. The van der Waals surface area contributed by atoms with E-state index in [0.717, 1.165) is 0 Å². The number of nitrogens with zero attached hydrogens (tertiary/aromatic N) is 3. The number of piperazine rings is 1. The van der Waals surface area contributed by atoms with Gasteiger partial charge in [0.1, 0.15) is 29.2 Å². The van der Waals surface area contributed by atoms with Crippen molar-refractivity contribution in [2.75, 3.05) is 30.3 Å². The fourth-order valence-electron chi connectivity index (χ4n) is 2.93. The first-order valence-corrected chi connectivity index (χ1v) is 8.34. The van der Waals surface area contributed by atoms with E-state index in [-0.39, 0.29) is 50.9 Å². The molecule has 0 radical (unpaired) electrons. The lowest BCUT2D eigenvalue weighted by Crippen LogP contribution is -2.57. The van der Waals surface area contributed by atoms with Crippen molar-refractivity contribution >= 4 is 23.2 Å². The number of rotatable bonds is 4. The smallest absolute Gasteiger partial charge is 0.383 e. The van der Waals surface area contributed by atoms with Crippen LogP contribution in [0.2, 0.25) is 0 Å². The first-order chi connectivity index (χ1) is 13.2. The minimum absolute atomic E-state index is 0. The van der Waals surface area contributed by atoms with Crippen LogP contribution in [0.1, 0.15) is 24.5 Å². The van der Waals surface area contributed by atoms with E-state index in [2.05, 4.69) is 21.9 Å². The van der Waals surface area contributed by atoms with E-state index in [9.17, 15) is 22.4 Å². The molecule has 1 unspecified atom stereocenters. The number of alkyl halides is 3. The number of aromatic nitrogens is 2. The summed E-state index contributed by atoms with van der Waals surface area (Å²) in [6, 6.07) is 3.81. The molecule has 3 rings (SSSR count). The predicted molar refractivity (Wildman–Crippen MR) is 101 cm³/mol. The lowest BCUT2D eigenvalue weighted by molar-refractivity contribution is -0.155. The molecule has 1 saturated heterocycles. The van der Waals surface area contributed by atoms with Crippen LogP contribution in [0.4, 0.5) is 29.2 Å². The number of nitrogen functional groups attached to an aromatic ring is 1. The molecule has 0 saturated carbocycles. The summed E-state index contributed by atoms with van der Waals surface area (Å²) in [5.74, 6) is -1.51. The molecule has 0 aromatic carbocycles. The third kappa shape index (κ3) is 3.96. The molecular formula is C18H21F4N5O. The summed E-state index contributed by atoms with van der Waals surface area (Å²) >= 11 is 0. The Morgan fingerprint density at radius 3 is 2.71 bits per heavy atom. The van der Waals surface area contributed by atoms with E-state index in [1.807, 2.05) is 0 Å². The molecule has 2 aromatic heterocycles. The van der Waals surface area contributed by atoms with Gasteiger partial charge >= 0.3 is 6.18 Å². The third-order valence-electron chi connectivity index (χ3n) is 4.37. The molecule has 2 aromatic rings. The number of nitrogens with one attached hydrogen (secondary N) is 1.